The standard InChI is InChI=1S/C23H39N5O.HI/c1-5-7-15-28-16-12-21(13-17-28)26-23(24-6-2)25-14-11-19-9-8-10-20(18-19)22(29)27(3)4;/h8-10,18,21H,5-7,11-17H2,1-4H3,(H2,24,25,26);1H. The van der Waals surface area contributed by atoms with E-state index < -0.39 is 0 Å². The average Bonchev–Trinajstić information content (AvgIpc) is 2.73. The highest BCUT2D eigenvalue weighted by Gasteiger charge is 2.19. The number of rotatable bonds is 9. The smallest absolute Gasteiger partial charge is 0.253 e. The van der Waals surface area contributed by atoms with Gasteiger partial charge in [-0.15, -0.1) is 24.0 Å². The molecule has 0 bridgehead atoms. The van der Waals surface area contributed by atoms with Crippen molar-refractivity contribution in [3.05, 3.63) is 35.4 Å². The summed E-state index contributed by atoms with van der Waals surface area (Å²) in [6.45, 7) is 9.48. The van der Waals surface area contributed by atoms with Crippen molar-refractivity contribution in [2.75, 3.05) is 46.8 Å². The van der Waals surface area contributed by atoms with Crippen molar-refractivity contribution in [2.45, 2.75) is 52.0 Å². The molecule has 0 aromatic heterocycles. The molecule has 0 unspecified atom stereocenters. The molecule has 0 spiro atoms. The number of hydrogen-bond acceptors (Lipinski definition) is 3. The summed E-state index contributed by atoms with van der Waals surface area (Å²) in [5.74, 6) is 0.940. The van der Waals surface area contributed by atoms with E-state index in [4.69, 9.17) is 4.99 Å². The van der Waals surface area contributed by atoms with Gasteiger partial charge in [0.1, 0.15) is 0 Å². The molecule has 30 heavy (non-hydrogen) atoms. The van der Waals surface area contributed by atoms with Gasteiger partial charge in [0.2, 0.25) is 0 Å². The van der Waals surface area contributed by atoms with Crippen LogP contribution in [0.5, 0.6) is 0 Å². The Morgan fingerprint density at radius 1 is 1.23 bits per heavy atom. The monoisotopic (exact) mass is 529 g/mol. The number of guanidine groups is 1. The first-order valence-corrected chi connectivity index (χ1v) is 11.1. The van der Waals surface area contributed by atoms with Gasteiger partial charge in [-0.3, -0.25) is 9.79 Å². The third-order valence-corrected chi connectivity index (χ3v) is 5.35. The second-order valence-electron chi connectivity index (χ2n) is 8.02. The summed E-state index contributed by atoms with van der Waals surface area (Å²) in [6, 6.07) is 8.35. The van der Waals surface area contributed by atoms with Crippen molar-refractivity contribution < 1.29 is 4.79 Å². The first-order valence-electron chi connectivity index (χ1n) is 11.1. The largest absolute Gasteiger partial charge is 0.357 e. The fourth-order valence-electron chi connectivity index (χ4n) is 3.61. The molecule has 1 heterocycles. The van der Waals surface area contributed by atoms with Gasteiger partial charge in [-0.1, -0.05) is 25.5 Å². The summed E-state index contributed by atoms with van der Waals surface area (Å²) in [5.41, 5.74) is 1.87. The fourth-order valence-corrected chi connectivity index (χ4v) is 3.61. The van der Waals surface area contributed by atoms with Crippen LogP contribution in [0.1, 0.15) is 55.5 Å². The molecule has 1 aliphatic heterocycles. The van der Waals surface area contributed by atoms with Gasteiger partial charge < -0.3 is 20.4 Å². The predicted octanol–water partition coefficient (Wildman–Crippen LogP) is 3.37. The molecule has 170 valence electrons. The van der Waals surface area contributed by atoms with Crippen LogP contribution in [0.4, 0.5) is 0 Å². The maximum atomic E-state index is 12.1. The third kappa shape index (κ3) is 9.20. The fraction of sp³-hybridized carbons (Fsp3) is 0.652. The Kier molecular flexibility index (Phi) is 13.0. The zero-order chi connectivity index (χ0) is 21.1. The lowest BCUT2D eigenvalue weighted by Gasteiger charge is -2.33. The molecule has 2 rings (SSSR count). The van der Waals surface area contributed by atoms with Crippen LogP contribution in [0.25, 0.3) is 0 Å². The molecular formula is C23H40IN5O. The normalized spacial score (nSPS) is 15.4. The van der Waals surface area contributed by atoms with Gasteiger partial charge in [-0.05, 0) is 56.8 Å². The minimum absolute atomic E-state index is 0. The minimum atomic E-state index is 0. The number of amides is 1. The van der Waals surface area contributed by atoms with Crippen LogP contribution in [0.3, 0.4) is 0 Å². The summed E-state index contributed by atoms with van der Waals surface area (Å²) in [6.07, 6.45) is 5.72. The van der Waals surface area contributed by atoms with Gasteiger partial charge in [0.15, 0.2) is 5.96 Å². The predicted molar refractivity (Wildman–Crippen MR) is 137 cm³/mol. The van der Waals surface area contributed by atoms with Gasteiger partial charge in [-0.2, -0.15) is 0 Å². The summed E-state index contributed by atoms with van der Waals surface area (Å²) in [5, 5.41) is 6.99. The first kappa shape index (κ1) is 26.7. The Hall–Kier alpha value is -1.35. The number of piperidine rings is 1. The Morgan fingerprint density at radius 2 is 1.97 bits per heavy atom. The highest BCUT2D eigenvalue weighted by atomic mass is 127. The van der Waals surface area contributed by atoms with E-state index in [9.17, 15) is 4.79 Å². The Morgan fingerprint density at radius 3 is 2.60 bits per heavy atom. The van der Waals surface area contributed by atoms with E-state index in [1.165, 1.54) is 45.3 Å². The molecule has 1 fully saturated rings. The number of carbonyl (C=O) groups is 1. The molecule has 1 amide bonds. The maximum Gasteiger partial charge on any atom is 0.253 e. The lowest BCUT2D eigenvalue weighted by atomic mass is 10.0. The van der Waals surface area contributed by atoms with E-state index in [2.05, 4.69) is 35.4 Å². The summed E-state index contributed by atoms with van der Waals surface area (Å²) in [7, 11) is 3.56. The molecule has 1 aromatic rings. The molecule has 0 radical (unpaired) electrons. The van der Waals surface area contributed by atoms with E-state index in [-0.39, 0.29) is 29.9 Å². The van der Waals surface area contributed by atoms with E-state index in [1.807, 2.05) is 18.2 Å². The van der Waals surface area contributed by atoms with Gasteiger partial charge in [0, 0.05) is 51.9 Å². The average molecular weight is 530 g/mol. The van der Waals surface area contributed by atoms with Crippen molar-refractivity contribution in [3.8, 4) is 0 Å². The molecular weight excluding hydrogens is 489 g/mol. The number of carbonyl (C=O) groups excluding carboxylic acids is 1. The Labute approximate surface area is 199 Å². The minimum Gasteiger partial charge on any atom is -0.357 e. The molecule has 1 saturated heterocycles. The molecule has 0 saturated carbocycles. The lowest BCUT2D eigenvalue weighted by Crippen LogP contribution is -2.48. The van der Waals surface area contributed by atoms with E-state index in [0.717, 1.165) is 30.1 Å². The number of halogens is 1. The van der Waals surface area contributed by atoms with Crippen LogP contribution in [0, 0.1) is 0 Å². The molecule has 7 heteroatoms. The highest BCUT2D eigenvalue weighted by molar-refractivity contribution is 14.0. The molecule has 0 aliphatic carbocycles. The number of likely N-dealkylation sites (tertiary alicyclic amines) is 1. The number of aliphatic imine (C=N–C) groups is 1. The molecule has 6 nitrogen and oxygen atoms in total. The zero-order valence-corrected chi connectivity index (χ0v) is 21.4. The second-order valence-corrected chi connectivity index (χ2v) is 8.02. The van der Waals surface area contributed by atoms with E-state index in [0.29, 0.717) is 12.6 Å². The number of nitrogens with one attached hydrogen (secondary N) is 2. The SMILES string of the molecule is CCCCN1CCC(NC(=NCCc2cccc(C(=O)N(C)C)c2)NCC)CC1.I. The van der Waals surface area contributed by atoms with Crippen molar-refractivity contribution in [2.24, 2.45) is 4.99 Å². The van der Waals surface area contributed by atoms with Crippen LogP contribution in [-0.2, 0) is 6.42 Å². The van der Waals surface area contributed by atoms with Gasteiger partial charge in [0.05, 0.1) is 0 Å². The lowest BCUT2D eigenvalue weighted by molar-refractivity contribution is 0.0827. The zero-order valence-electron chi connectivity index (χ0n) is 19.1. The summed E-state index contributed by atoms with van der Waals surface area (Å²) in [4.78, 5) is 21.1. The Bertz CT molecular complexity index is 657. The number of nitrogens with zero attached hydrogens (tertiary/aromatic N) is 3. The third-order valence-electron chi connectivity index (χ3n) is 5.35. The molecule has 1 aromatic carbocycles. The quantitative estimate of drug-likeness (QED) is 0.293. The van der Waals surface area contributed by atoms with Crippen molar-refractivity contribution in [3.63, 3.8) is 0 Å². The van der Waals surface area contributed by atoms with Gasteiger partial charge in [-0.25, -0.2) is 0 Å². The maximum absolute atomic E-state index is 12.1. The van der Waals surface area contributed by atoms with Gasteiger partial charge in [0.25, 0.3) is 5.91 Å². The van der Waals surface area contributed by atoms with Crippen molar-refractivity contribution in [1.82, 2.24) is 20.4 Å². The second kappa shape index (κ2) is 14.6. The van der Waals surface area contributed by atoms with Crippen LogP contribution in [-0.4, -0.2) is 74.5 Å². The molecule has 2 N–H and O–H groups in total. The van der Waals surface area contributed by atoms with E-state index >= 15 is 0 Å². The van der Waals surface area contributed by atoms with Crippen LogP contribution in [0.15, 0.2) is 29.3 Å². The van der Waals surface area contributed by atoms with Gasteiger partial charge >= 0.3 is 0 Å². The van der Waals surface area contributed by atoms with E-state index in [1.54, 1.807) is 19.0 Å². The topological polar surface area (TPSA) is 60.0 Å². The van der Waals surface area contributed by atoms with Crippen molar-refractivity contribution in [1.29, 1.82) is 0 Å². The number of unbranched alkanes of at least 4 members (excludes halogenated alkanes) is 1. The highest BCUT2D eigenvalue weighted by Crippen LogP contribution is 2.11. The summed E-state index contributed by atoms with van der Waals surface area (Å²) >= 11 is 0. The summed E-state index contributed by atoms with van der Waals surface area (Å²) < 4.78 is 0. The van der Waals surface area contributed by atoms with Crippen molar-refractivity contribution >= 4 is 35.8 Å². The van der Waals surface area contributed by atoms with Crippen LogP contribution in [0.2, 0.25) is 0 Å². The van der Waals surface area contributed by atoms with Crippen LogP contribution < -0.4 is 10.6 Å². The Balaban J connectivity index is 0.00000450. The first-order chi connectivity index (χ1) is 14.0. The number of hydrogen-bond donors (Lipinski definition) is 2. The number of benzene rings is 1. The molecule has 0 atom stereocenters. The molecule has 1 aliphatic rings. The van der Waals surface area contributed by atoms with Crippen LogP contribution >= 0.6 is 24.0 Å².